The first-order valence-electron chi connectivity index (χ1n) is 6.89. The monoisotopic (exact) mass is 310 g/mol. The second kappa shape index (κ2) is 12.6. The molecule has 4 nitrogen and oxygen atoms in total. The third-order valence-corrected chi connectivity index (χ3v) is 2.50. The zero-order valence-electron chi connectivity index (χ0n) is 13.1. The quantitative estimate of drug-likeness (QED) is 0.462. The third-order valence-electron chi connectivity index (χ3n) is 2.50. The van der Waals surface area contributed by atoms with E-state index < -0.39 is 0 Å². The molecule has 1 rings (SSSR count). The molecule has 0 aliphatic carbocycles. The molecule has 0 spiro atoms. The van der Waals surface area contributed by atoms with Crippen molar-refractivity contribution in [2.45, 2.75) is 0 Å². The van der Waals surface area contributed by atoms with Crippen molar-refractivity contribution in [3.05, 3.63) is 92.1 Å². The molecule has 0 bridgehead atoms. The van der Waals surface area contributed by atoms with Crippen LogP contribution in [0, 0.1) is 0 Å². The lowest BCUT2D eigenvalue weighted by atomic mass is 10.1. The number of hydrogen-bond acceptors (Lipinski definition) is 2. The van der Waals surface area contributed by atoms with E-state index in [2.05, 4.69) is 36.9 Å². The Morgan fingerprint density at radius 2 is 1.30 bits per heavy atom. The molecule has 23 heavy (non-hydrogen) atoms. The zero-order chi connectivity index (χ0) is 17.5. The molecular weight excluding hydrogens is 288 g/mol. The minimum Gasteiger partial charge on any atom is -0.335 e. The van der Waals surface area contributed by atoms with Gasteiger partial charge in [-0.15, -0.1) is 0 Å². The fraction of sp³-hybridized carbons (Fsp3) is 0.0526. The molecule has 0 atom stereocenters. The fourth-order valence-corrected chi connectivity index (χ4v) is 1.31. The Hall–Kier alpha value is -3.14. The molecule has 0 aliphatic heterocycles. The van der Waals surface area contributed by atoms with Crippen molar-refractivity contribution >= 4 is 17.9 Å². The van der Waals surface area contributed by atoms with Gasteiger partial charge in [-0.25, -0.2) is 0 Å². The first-order valence-corrected chi connectivity index (χ1v) is 6.89. The van der Waals surface area contributed by atoms with Crippen LogP contribution >= 0.6 is 0 Å². The molecule has 2 amide bonds. The van der Waals surface area contributed by atoms with Gasteiger partial charge < -0.3 is 10.6 Å². The van der Waals surface area contributed by atoms with Gasteiger partial charge >= 0.3 is 0 Å². The van der Waals surface area contributed by atoms with Crippen molar-refractivity contribution in [1.82, 2.24) is 10.6 Å². The minimum atomic E-state index is -0.325. The Kier molecular flexibility index (Phi) is 10.9. The van der Waals surface area contributed by atoms with Crippen LogP contribution < -0.4 is 10.6 Å². The molecule has 0 aliphatic rings. The highest BCUT2D eigenvalue weighted by molar-refractivity contribution is 5.89. The van der Waals surface area contributed by atoms with Gasteiger partial charge in [-0.1, -0.05) is 68.8 Å². The molecule has 1 aromatic carbocycles. The van der Waals surface area contributed by atoms with Crippen LogP contribution in [0.2, 0.25) is 0 Å². The molecule has 2 N–H and O–H groups in total. The zero-order valence-corrected chi connectivity index (χ0v) is 13.1. The first-order chi connectivity index (χ1) is 11.1. The Balaban J connectivity index is 0.000000423. The van der Waals surface area contributed by atoms with Gasteiger partial charge in [0.15, 0.2) is 0 Å². The molecule has 120 valence electrons. The summed E-state index contributed by atoms with van der Waals surface area (Å²) in [5, 5.41) is 4.72. The van der Waals surface area contributed by atoms with E-state index in [1.165, 1.54) is 5.56 Å². The summed E-state index contributed by atoms with van der Waals surface area (Å²) in [6.07, 6.45) is 7.88. The number of nitrogens with one attached hydrogen (secondary N) is 2. The number of allylic oxidation sites excluding steroid dienone is 3. The van der Waals surface area contributed by atoms with Crippen molar-refractivity contribution < 1.29 is 9.59 Å². The molecule has 0 saturated heterocycles. The van der Waals surface area contributed by atoms with Crippen molar-refractivity contribution in [3.63, 3.8) is 0 Å². The van der Waals surface area contributed by atoms with E-state index in [1.54, 1.807) is 12.2 Å². The number of carbonyl (C=O) groups excluding carboxylic acids is 2. The summed E-state index contributed by atoms with van der Waals surface area (Å²) in [6.45, 7) is 13.9. The van der Waals surface area contributed by atoms with Gasteiger partial charge in [0.2, 0.25) is 11.8 Å². The molecule has 0 saturated carbocycles. The molecule has 1 aromatic rings. The van der Waals surface area contributed by atoms with E-state index in [0.29, 0.717) is 0 Å². The van der Waals surface area contributed by atoms with E-state index in [9.17, 15) is 9.59 Å². The average molecular weight is 310 g/mol. The predicted molar refractivity (Wildman–Crippen MR) is 96.4 cm³/mol. The lowest BCUT2D eigenvalue weighted by Gasteiger charge is -2.01. The van der Waals surface area contributed by atoms with Crippen LogP contribution in [0.3, 0.4) is 0 Å². The Bertz CT molecular complexity index is 557. The van der Waals surface area contributed by atoms with Crippen molar-refractivity contribution in [3.8, 4) is 0 Å². The molecule has 0 radical (unpaired) electrons. The summed E-state index contributed by atoms with van der Waals surface area (Å²) in [5.41, 5.74) is 2.22. The lowest BCUT2D eigenvalue weighted by Crippen LogP contribution is -2.35. The van der Waals surface area contributed by atoms with E-state index in [4.69, 9.17) is 0 Å². The Labute approximate surface area is 137 Å². The maximum Gasteiger partial charge on any atom is 0.244 e. The summed E-state index contributed by atoms with van der Waals surface area (Å²) < 4.78 is 0. The largest absolute Gasteiger partial charge is 0.335 e. The topological polar surface area (TPSA) is 58.2 Å². The highest BCUT2D eigenvalue weighted by Crippen LogP contribution is 2.07. The minimum absolute atomic E-state index is 0.0930. The van der Waals surface area contributed by atoms with Crippen LogP contribution in [0.5, 0.6) is 0 Å². The Morgan fingerprint density at radius 3 is 1.70 bits per heavy atom. The van der Waals surface area contributed by atoms with Crippen LogP contribution in [0.1, 0.15) is 5.56 Å². The van der Waals surface area contributed by atoms with Crippen LogP contribution in [0.15, 0.2) is 86.5 Å². The van der Waals surface area contributed by atoms with Gasteiger partial charge in [-0.05, 0) is 29.4 Å². The summed E-state index contributed by atoms with van der Waals surface area (Å²) >= 11 is 0. The van der Waals surface area contributed by atoms with Gasteiger partial charge in [0.25, 0.3) is 0 Å². The van der Waals surface area contributed by atoms with Gasteiger partial charge in [0, 0.05) is 0 Å². The van der Waals surface area contributed by atoms with Gasteiger partial charge in [0.1, 0.15) is 0 Å². The summed E-state index contributed by atoms with van der Waals surface area (Å²) in [6, 6.07) is 10.1. The van der Waals surface area contributed by atoms with Crippen molar-refractivity contribution in [2.75, 3.05) is 6.67 Å². The predicted octanol–water partition coefficient (Wildman–Crippen LogP) is 2.99. The van der Waals surface area contributed by atoms with Gasteiger partial charge in [0.05, 0.1) is 6.67 Å². The number of carbonyl (C=O) groups is 2. The SMILES string of the molecule is C=CC(=O)NCNC(=O)C=C.C=CC(C=C)=Cc1ccccc1. The number of rotatable bonds is 7. The normalized spacial score (nSPS) is 8.35. The van der Waals surface area contributed by atoms with E-state index in [1.807, 2.05) is 36.4 Å². The summed E-state index contributed by atoms with van der Waals surface area (Å²) in [5.74, 6) is -0.649. The maximum atomic E-state index is 10.5. The molecule has 0 fully saturated rings. The van der Waals surface area contributed by atoms with Crippen LogP contribution in [-0.2, 0) is 9.59 Å². The van der Waals surface area contributed by atoms with Crippen LogP contribution in [0.4, 0.5) is 0 Å². The third kappa shape index (κ3) is 10.3. The molecule has 0 unspecified atom stereocenters. The van der Waals surface area contributed by atoms with E-state index in [-0.39, 0.29) is 18.5 Å². The smallest absolute Gasteiger partial charge is 0.244 e. The second-order valence-corrected chi connectivity index (χ2v) is 4.13. The highest BCUT2D eigenvalue weighted by Gasteiger charge is 1.93. The number of hydrogen-bond donors (Lipinski definition) is 2. The second-order valence-electron chi connectivity index (χ2n) is 4.13. The average Bonchev–Trinajstić information content (AvgIpc) is 2.60. The fourth-order valence-electron chi connectivity index (χ4n) is 1.31. The summed E-state index contributed by atoms with van der Waals surface area (Å²) in [4.78, 5) is 21.0. The molecule has 4 heteroatoms. The molecule has 0 aromatic heterocycles. The standard InChI is InChI=1S/C12H12.C7H10N2O2/c1-3-11(4-2)10-12-8-6-5-7-9-12;1-3-6(10)8-5-9-7(11)4-2/h3-10H,1-2H2;3-4H,1-2,5H2,(H,8,10)(H,9,11). The van der Waals surface area contributed by atoms with Crippen molar-refractivity contribution in [1.29, 1.82) is 0 Å². The van der Waals surface area contributed by atoms with Crippen LogP contribution in [0.25, 0.3) is 6.08 Å². The number of benzene rings is 1. The van der Waals surface area contributed by atoms with E-state index in [0.717, 1.165) is 17.7 Å². The van der Waals surface area contributed by atoms with Crippen LogP contribution in [-0.4, -0.2) is 18.5 Å². The number of amides is 2. The van der Waals surface area contributed by atoms with Crippen molar-refractivity contribution in [2.24, 2.45) is 0 Å². The molecular formula is C19H22N2O2. The summed E-state index contributed by atoms with van der Waals surface area (Å²) in [7, 11) is 0. The molecule has 0 heterocycles. The highest BCUT2D eigenvalue weighted by atomic mass is 16.2. The maximum absolute atomic E-state index is 10.5. The van der Waals surface area contributed by atoms with Gasteiger partial charge in [-0.3, -0.25) is 9.59 Å². The Morgan fingerprint density at radius 1 is 0.826 bits per heavy atom. The first kappa shape index (κ1) is 19.9. The van der Waals surface area contributed by atoms with E-state index >= 15 is 0 Å². The lowest BCUT2D eigenvalue weighted by molar-refractivity contribution is -0.118. The van der Waals surface area contributed by atoms with Gasteiger partial charge in [-0.2, -0.15) is 0 Å².